The molecule has 128 valence electrons. The van der Waals surface area contributed by atoms with Gasteiger partial charge in [-0.15, -0.1) is 0 Å². The van der Waals surface area contributed by atoms with Gasteiger partial charge in [0, 0.05) is 27.6 Å². The number of nitrogens with one attached hydrogen (secondary N) is 2. The largest absolute Gasteiger partial charge is 0.495 e. The molecular weight excluding hydrogens is 418 g/mol. The SMILES string of the molecule is COc1cc(Nc2c(C#N)c[nH]c3cc4ncnc4cc23)c(Br)cc1Cl. The Morgan fingerprint density at radius 3 is 2.73 bits per heavy atom. The van der Waals surface area contributed by atoms with Gasteiger partial charge in [0.2, 0.25) is 0 Å². The van der Waals surface area contributed by atoms with Crippen LogP contribution in [0.2, 0.25) is 5.02 Å². The lowest BCUT2D eigenvalue weighted by Crippen LogP contribution is -1.98. The number of benzene rings is 2. The molecule has 2 heterocycles. The fourth-order valence-corrected chi connectivity index (χ4v) is 3.58. The van der Waals surface area contributed by atoms with Crippen LogP contribution in [-0.4, -0.2) is 22.1 Å². The number of halogens is 2. The second kappa shape index (κ2) is 6.48. The van der Waals surface area contributed by atoms with Crippen LogP contribution in [0.25, 0.3) is 21.9 Å². The number of hydrogen-bond acceptors (Lipinski definition) is 5. The second-order valence-corrected chi connectivity index (χ2v) is 6.80. The molecule has 2 aromatic carbocycles. The fourth-order valence-electron chi connectivity index (χ4n) is 2.77. The minimum atomic E-state index is 0.470. The van der Waals surface area contributed by atoms with Crippen molar-refractivity contribution < 1.29 is 4.74 Å². The molecule has 0 saturated heterocycles. The molecular formula is C18H11BrClN5O. The van der Waals surface area contributed by atoms with Crippen molar-refractivity contribution in [2.75, 3.05) is 12.4 Å². The quantitative estimate of drug-likeness (QED) is 0.471. The summed E-state index contributed by atoms with van der Waals surface area (Å²) in [5.41, 5.74) is 4.25. The van der Waals surface area contributed by atoms with Gasteiger partial charge >= 0.3 is 0 Å². The van der Waals surface area contributed by atoms with E-state index in [1.165, 1.54) is 6.33 Å². The van der Waals surface area contributed by atoms with E-state index in [-0.39, 0.29) is 0 Å². The molecule has 2 aromatic heterocycles. The van der Waals surface area contributed by atoms with E-state index in [1.807, 2.05) is 12.1 Å². The summed E-state index contributed by atoms with van der Waals surface area (Å²) in [4.78, 5) is 11.6. The summed E-state index contributed by atoms with van der Waals surface area (Å²) in [6.45, 7) is 0. The molecule has 0 aliphatic carbocycles. The monoisotopic (exact) mass is 427 g/mol. The third-order valence-electron chi connectivity index (χ3n) is 4.04. The van der Waals surface area contributed by atoms with Crippen LogP contribution >= 0.6 is 27.5 Å². The highest BCUT2D eigenvalue weighted by atomic mass is 79.9. The van der Waals surface area contributed by atoms with Crippen molar-refractivity contribution in [2.45, 2.75) is 0 Å². The highest BCUT2D eigenvalue weighted by molar-refractivity contribution is 9.10. The van der Waals surface area contributed by atoms with Crippen molar-refractivity contribution in [1.29, 1.82) is 5.26 Å². The molecule has 4 aromatic rings. The van der Waals surface area contributed by atoms with Crippen molar-refractivity contribution in [1.82, 2.24) is 15.0 Å². The molecule has 0 saturated carbocycles. The second-order valence-electron chi connectivity index (χ2n) is 5.54. The number of H-pyrrole nitrogens is 1. The molecule has 0 radical (unpaired) electrons. The maximum atomic E-state index is 9.55. The van der Waals surface area contributed by atoms with Gasteiger partial charge in [0.15, 0.2) is 0 Å². The third-order valence-corrected chi connectivity index (χ3v) is 4.99. The predicted octanol–water partition coefficient (Wildman–Crippen LogP) is 5.15. The number of ether oxygens (including phenoxy) is 1. The average molecular weight is 429 g/mol. The standard InChI is InChI=1S/C18H11BrClN5O/c1-26-17-5-14(11(19)3-12(17)20)25-18-9(6-21)7-22-13-4-16-15(2-10(13)18)23-8-24-16/h2-5,7-8,22,25H,1H3. The van der Waals surface area contributed by atoms with Gasteiger partial charge in [-0.05, 0) is 34.1 Å². The Bertz CT molecular complexity index is 1200. The van der Waals surface area contributed by atoms with Gasteiger partial charge in [-0.3, -0.25) is 0 Å². The summed E-state index contributed by atoms with van der Waals surface area (Å²) in [5.74, 6) is 0.534. The Morgan fingerprint density at radius 2 is 2.00 bits per heavy atom. The van der Waals surface area contributed by atoms with E-state index in [1.54, 1.807) is 25.4 Å². The van der Waals surface area contributed by atoms with Crippen LogP contribution in [0.3, 0.4) is 0 Å². The Labute approximate surface area is 161 Å². The topological polar surface area (TPSA) is 86.6 Å². The molecule has 4 rings (SSSR count). The Balaban J connectivity index is 1.94. The van der Waals surface area contributed by atoms with Gasteiger partial charge in [-0.2, -0.15) is 5.26 Å². The lowest BCUT2D eigenvalue weighted by Gasteiger charge is -2.15. The third kappa shape index (κ3) is 2.73. The van der Waals surface area contributed by atoms with Gasteiger partial charge in [0.25, 0.3) is 0 Å². The summed E-state index contributed by atoms with van der Waals surface area (Å²) in [6.07, 6.45) is 3.18. The Morgan fingerprint density at radius 1 is 1.23 bits per heavy atom. The lowest BCUT2D eigenvalue weighted by molar-refractivity contribution is 0.415. The molecule has 0 bridgehead atoms. The summed E-state index contributed by atoms with van der Waals surface area (Å²) >= 11 is 9.65. The molecule has 0 spiro atoms. The zero-order valence-corrected chi connectivity index (χ0v) is 15.8. The van der Waals surface area contributed by atoms with Crippen molar-refractivity contribution >= 4 is 60.8 Å². The van der Waals surface area contributed by atoms with Crippen molar-refractivity contribution in [2.24, 2.45) is 0 Å². The van der Waals surface area contributed by atoms with Gasteiger partial charge < -0.3 is 15.0 Å². The Hall–Kier alpha value is -2.82. The number of aromatic nitrogens is 3. The van der Waals surface area contributed by atoms with Gasteiger partial charge in [-0.1, -0.05) is 11.6 Å². The molecule has 0 atom stereocenters. The number of pyridine rings is 1. The molecule has 8 heteroatoms. The van der Waals surface area contributed by atoms with E-state index in [0.29, 0.717) is 22.0 Å². The lowest BCUT2D eigenvalue weighted by atomic mass is 10.1. The molecule has 6 nitrogen and oxygen atoms in total. The number of hydrogen-bond donors (Lipinski definition) is 2. The summed E-state index contributed by atoms with van der Waals surface area (Å²) in [6, 6.07) is 9.53. The zero-order chi connectivity index (χ0) is 18.3. The van der Waals surface area contributed by atoms with E-state index in [0.717, 1.165) is 32.1 Å². The van der Waals surface area contributed by atoms with Gasteiger partial charge in [-0.25, -0.2) is 9.97 Å². The van der Waals surface area contributed by atoms with Crippen molar-refractivity contribution in [3.05, 3.63) is 51.8 Å². The van der Waals surface area contributed by atoms with Crippen LogP contribution in [0.1, 0.15) is 5.56 Å². The summed E-state index contributed by atoms with van der Waals surface area (Å²) in [5, 5.41) is 14.2. The van der Waals surface area contributed by atoms with Crippen molar-refractivity contribution in [3.8, 4) is 11.8 Å². The van der Waals surface area contributed by atoms with Gasteiger partial charge in [0.05, 0.1) is 40.1 Å². The predicted molar refractivity (Wildman–Crippen MR) is 105 cm³/mol. The number of nitrogens with zero attached hydrogens (tertiary/aromatic N) is 3. The maximum Gasteiger partial charge on any atom is 0.139 e. The average Bonchev–Trinajstić information content (AvgIpc) is 3.09. The normalized spacial score (nSPS) is 10.8. The first-order chi connectivity index (χ1) is 12.6. The number of imidazole rings is 1. The van der Waals surface area contributed by atoms with E-state index >= 15 is 0 Å². The fraction of sp³-hybridized carbons (Fsp3) is 0.0556. The van der Waals surface area contributed by atoms with E-state index in [2.05, 4.69) is 42.3 Å². The number of fused-ring (bicyclic) bond motifs is 2. The van der Waals surface area contributed by atoms with Crippen LogP contribution in [0.5, 0.6) is 5.75 Å². The molecule has 0 amide bonds. The van der Waals surface area contributed by atoms with Crippen LogP contribution in [0.4, 0.5) is 11.4 Å². The highest BCUT2D eigenvalue weighted by Gasteiger charge is 2.14. The minimum absolute atomic E-state index is 0.470. The Kier molecular flexibility index (Phi) is 4.15. The molecule has 26 heavy (non-hydrogen) atoms. The summed E-state index contributed by atoms with van der Waals surface area (Å²) in [7, 11) is 1.55. The molecule has 0 aliphatic rings. The molecule has 0 aliphatic heterocycles. The summed E-state index contributed by atoms with van der Waals surface area (Å²) < 4.78 is 6.04. The van der Waals surface area contributed by atoms with E-state index in [9.17, 15) is 5.26 Å². The van der Waals surface area contributed by atoms with E-state index in [4.69, 9.17) is 16.3 Å². The first-order valence-electron chi connectivity index (χ1n) is 7.56. The van der Waals surface area contributed by atoms with Crippen LogP contribution in [-0.2, 0) is 0 Å². The first-order valence-corrected chi connectivity index (χ1v) is 8.74. The number of nitriles is 1. The molecule has 2 N–H and O–H groups in total. The zero-order valence-electron chi connectivity index (χ0n) is 13.5. The van der Waals surface area contributed by atoms with Crippen LogP contribution in [0, 0.1) is 11.3 Å². The number of anilines is 2. The molecule has 0 unspecified atom stereocenters. The van der Waals surface area contributed by atoms with Crippen LogP contribution in [0.15, 0.2) is 41.3 Å². The number of methoxy groups -OCH3 is 1. The van der Waals surface area contributed by atoms with Crippen molar-refractivity contribution in [3.63, 3.8) is 0 Å². The van der Waals surface area contributed by atoms with E-state index < -0.39 is 0 Å². The number of rotatable bonds is 3. The maximum absolute atomic E-state index is 9.55. The number of aromatic amines is 1. The van der Waals surface area contributed by atoms with Gasteiger partial charge in [0.1, 0.15) is 18.1 Å². The highest BCUT2D eigenvalue weighted by Crippen LogP contribution is 2.38. The minimum Gasteiger partial charge on any atom is -0.495 e. The van der Waals surface area contributed by atoms with Crippen LogP contribution < -0.4 is 10.1 Å². The molecule has 0 fully saturated rings. The first kappa shape index (κ1) is 16.6. The smallest absolute Gasteiger partial charge is 0.139 e.